The Labute approximate surface area is 106 Å². The maximum Gasteiger partial charge on any atom is 0.126 e. The van der Waals surface area contributed by atoms with Crippen molar-refractivity contribution in [2.75, 3.05) is 18.6 Å². The quantitative estimate of drug-likeness (QED) is 0.800. The second-order valence-corrected chi connectivity index (χ2v) is 4.98. The van der Waals surface area contributed by atoms with Crippen LogP contribution in [0.2, 0.25) is 0 Å². The van der Waals surface area contributed by atoms with Gasteiger partial charge in [-0.1, -0.05) is 6.92 Å². The number of rotatable bonds is 7. The molecule has 4 heteroatoms. The Bertz CT molecular complexity index is 316. The molecular weight excluding hydrogens is 240 g/mol. The lowest BCUT2D eigenvalue weighted by molar-refractivity contribution is 0.509. The first kappa shape index (κ1) is 14.5. The van der Waals surface area contributed by atoms with Crippen molar-refractivity contribution in [1.82, 2.24) is 5.32 Å². The van der Waals surface area contributed by atoms with Crippen LogP contribution in [0, 0.1) is 11.6 Å². The predicted molar refractivity (Wildman–Crippen MR) is 70.4 cm³/mol. The Morgan fingerprint density at radius 3 is 2.41 bits per heavy atom. The molecule has 1 atom stereocenters. The van der Waals surface area contributed by atoms with E-state index in [1.807, 2.05) is 6.26 Å². The molecule has 0 amide bonds. The molecular formula is C13H19F2NS. The van der Waals surface area contributed by atoms with E-state index in [-0.39, 0.29) is 6.04 Å². The van der Waals surface area contributed by atoms with Gasteiger partial charge in [-0.25, -0.2) is 8.78 Å². The summed E-state index contributed by atoms with van der Waals surface area (Å²) < 4.78 is 26.3. The molecule has 0 aliphatic heterocycles. The van der Waals surface area contributed by atoms with Crippen LogP contribution in [0.3, 0.4) is 0 Å². The van der Waals surface area contributed by atoms with Gasteiger partial charge >= 0.3 is 0 Å². The smallest absolute Gasteiger partial charge is 0.126 e. The van der Waals surface area contributed by atoms with Crippen LogP contribution in [0.15, 0.2) is 18.2 Å². The molecule has 0 aromatic heterocycles. The van der Waals surface area contributed by atoms with Crippen LogP contribution < -0.4 is 5.32 Å². The molecule has 1 N–H and O–H groups in total. The van der Waals surface area contributed by atoms with E-state index in [1.165, 1.54) is 12.1 Å². The lowest BCUT2D eigenvalue weighted by Gasteiger charge is -2.18. The van der Waals surface area contributed by atoms with E-state index in [1.54, 1.807) is 11.8 Å². The Balaban J connectivity index is 2.78. The van der Waals surface area contributed by atoms with Crippen LogP contribution in [0.4, 0.5) is 8.78 Å². The zero-order chi connectivity index (χ0) is 12.7. The Kier molecular flexibility index (Phi) is 6.52. The van der Waals surface area contributed by atoms with E-state index in [9.17, 15) is 8.78 Å². The predicted octanol–water partition coefficient (Wildman–Crippen LogP) is 3.76. The first-order valence-corrected chi connectivity index (χ1v) is 7.25. The van der Waals surface area contributed by atoms with E-state index in [4.69, 9.17) is 0 Å². The lowest BCUT2D eigenvalue weighted by atomic mass is 10.0. The van der Waals surface area contributed by atoms with E-state index in [2.05, 4.69) is 12.2 Å². The Morgan fingerprint density at radius 2 is 1.88 bits per heavy atom. The van der Waals surface area contributed by atoms with Gasteiger partial charge in [-0.3, -0.25) is 0 Å². The molecule has 17 heavy (non-hydrogen) atoms. The van der Waals surface area contributed by atoms with Gasteiger partial charge in [0.15, 0.2) is 0 Å². The van der Waals surface area contributed by atoms with Crippen molar-refractivity contribution in [2.24, 2.45) is 0 Å². The molecule has 1 rings (SSSR count). The van der Waals surface area contributed by atoms with Gasteiger partial charge in [0.25, 0.3) is 0 Å². The number of nitrogens with one attached hydrogen (secondary N) is 1. The van der Waals surface area contributed by atoms with E-state index < -0.39 is 11.6 Å². The van der Waals surface area contributed by atoms with Crippen LogP contribution in [-0.2, 0) is 0 Å². The largest absolute Gasteiger partial charge is 0.310 e. The zero-order valence-electron chi connectivity index (χ0n) is 10.3. The van der Waals surface area contributed by atoms with Gasteiger partial charge in [0.1, 0.15) is 11.6 Å². The molecule has 1 nitrogen and oxygen atoms in total. The van der Waals surface area contributed by atoms with Gasteiger partial charge in [-0.05, 0) is 49.1 Å². The third-order valence-electron chi connectivity index (χ3n) is 2.54. The summed E-state index contributed by atoms with van der Waals surface area (Å²) in [6.45, 7) is 2.93. The SMILES string of the molecule is CCCNC(CCSC)c1cc(F)cc(F)c1. The maximum absolute atomic E-state index is 13.2. The van der Waals surface area contributed by atoms with E-state index >= 15 is 0 Å². The van der Waals surface area contributed by atoms with Crippen molar-refractivity contribution in [3.63, 3.8) is 0 Å². The van der Waals surface area contributed by atoms with Crippen molar-refractivity contribution in [1.29, 1.82) is 0 Å². The molecule has 1 aromatic rings. The normalized spacial score (nSPS) is 12.7. The molecule has 0 aliphatic carbocycles. The highest BCUT2D eigenvalue weighted by Crippen LogP contribution is 2.21. The summed E-state index contributed by atoms with van der Waals surface area (Å²) in [5.74, 6) is -0.0422. The van der Waals surface area contributed by atoms with Crippen molar-refractivity contribution in [3.05, 3.63) is 35.4 Å². The van der Waals surface area contributed by atoms with Gasteiger partial charge in [0.2, 0.25) is 0 Å². The fraction of sp³-hybridized carbons (Fsp3) is 0.538. The molecule has 0 spiro atoms. The fourth-order valence-corrected chi connectivity index (χ4v) is 2.19. The minimum absolute atomic E-state index is 0.0348. The first-order valence-electron chi connectivity index (χ1n) is 5.85. The summed E-state index contributed by atoms with van der Waals surface area (Å²) in [7, 11) is 0. The monoisotopic (exact) mass is 259 g/mol. The summed E-state index contributed by atoms with van der Waals surface area (Å²) >= 11 is 1.74. The Hall–Kier alpha value is -0.610. The highest BCUT2D eigenvalue weighted by molar-refractivity contribution is 7.98. The number of halogens is 2. The van der Waals surface area contributed by atoms with Gasteiger partial charge in [0.05, 0.1) is 0 Å². The molecule has 0 heterocycles. The first-order chi connectivity index (χ1) is 8.17. The number of hydrogen-bond acceptors (Lipinski definition) is 2. The van der Waals surface area contributed by atoms with E-state index in [0.29, 0.717) is 5.56 Å². The summed E-state index contributed by atoms with van der Waals surface area (Å²) in [5.41, 5.74) is 0.699. The average Bonchev–Trinajstić information content (AvgIpc) is 2.28. The summed E-state index contributed by atoms with van der Waals surface area (Å²) in [6.07, 6.45) is 3.92. The third kappa shape index (κ3) is 5.04. The van der Waals surface area contributed by atoms with Crippen molar-refractivity contribution in [3.8, 4) is 0 Å². The van der Waals surface area contributed by atoms with E-state index in [0.717, 1.165) is 31.2 Å². The molecule has 0 saturated heterocycles. The van der Waals surface area contributed by atoms with Gasteiger partial charge in [-0.15, -0.1) is 0 Å². The van der Waals surface area contributed by atoms with Gasteiger partial charge in [0, 0.05) is 12.1 Å². The van der Waals surface area contributed by atoms with Crippen molar-refractivity contribution >= 4 is 11.8 Å². The Morgan fingerprint density at radius 1 is 1.24 bits per heavy atom. The zero-order valence-corrected chi connectivity index (χ0v) is 11.1. The lowest BCUT2D eigenvalue weighted by Crippen LogP contribution is -2.23. The second-order valence-electron chi connectivity index (χ2n) is 3.99. The van der Waals surface area contributed by atoms with Crippen LogP contribution >= 0.6 is 11.8 Å². The molecule has 0 radical (unpaired) electrons. The van der Waals surface area contributed by atoms with Crippen LogP contribution in [0.1, 0.15) is 31.4 Å². The molecule has 1 unspecified atom stereocenters. The molecule has 1 aromatic carbocycles. The van der Waals surface area contributed by atoms with Gasteiger partial charge < -0.3 is 5.32 Å². The highest BCUT2D eigenvalue weighted by atomic mass is 32.2. The standard InChI is InChI=1S/C13H19F2NS/c1-3-5-16-13(4-6-17-2)10-7-11(14)9-12(15)8-10/h7-9,13,16H,3-6H2,1-2H3. The highest BCUT2D eigenvalue weighted by Gasteiger charge is 2.12. The molecule has 0 saturated carbocycles. The van der Waals surface area contributed by atoms with Gasteiger partial charge in [-0.2, -0.15) is 11.8 Å². The molecule has 0 aliphatic rings. The van der Waals surface area contributed by atoms with Crippen molar-refractivity contribution < 1.29 is 8.78 Å². The second kappa shape index (κ2) is 7.67. The number of hydrogen-bond donors (Lipinski definition) is 1. The average molecular weight is 259 g/mol. The van der Waals surface area contributed by atoms with Crippen molar-refractivity contribution in [2.45, 2.75) is 25.8 Å². The van der Waals surface area contributed by atoms with Crippen LogP contribution in [0.25, 0.3) is 0 Å². The minimum Gasteiger partial charge on any atom is -0.310 e. The molecule has 96 valence electrons. The summed E-state index contributed by atoms with van der Waals surface area (Å²) in [4.78, 5) is 0. The summed E-state index contributed by atoms with van der Waals surface area (Å²) in [5, 5.41) is 3.33. The molecule has 0 fully saturated rings. The maximum atomic E-state index is 13.2. The number of benzene rings is 1. The van der Waals surface area contributed by atoms with Crippen LogP contribution in [0.5, 0.6) is 0 Å². The topological polar surface area (TPSA) is 12.0 Å². The fourth-order valence-electron chi connectivity index (χ4n) is 1.72. The minimum atomic E-state index is -0.507. The molecule has 0 bridgehead atoms. The number of thioether (sulfide) groups is 1. The summed E-state index contributed by atoms with van der Waals surface area (Å²) in [6, 6.07) is 3.77. The van der Waals surface area contributed by atoms with Crippen LogP contribution in [-0.4, -0.2) is 18.6 Å². The third-order valence-corrected chi connectivity index (χ3v) is 3.18.